The summed E-state index contributed by atoms with van der Waals surface area (Å²) in [7, 11) is 0. The van der Waals surface area contributed by atoms with E-state index in [0.29, 0.717) is 22.9 Å². The topological polar surface area (TPSA) is 58.6 Å². The normalized spacial score (nSPS) is 13.5. The van der Waals surface area contributed by atoms with Gasteiger partial charge in [0.1, 0.15) is 5.75 Å². The quantitative estimate of drug-likeness (QED) is 0.825. The Morgan fingerprint density at radius 1 is 1.15 bits per heavy atom. The molecule has 1 aliphatic rings. The minimum absolute atomic E-state index is 0.0576. The number of amides is 2. The van der Waals surface area contributed by atoms with Crippen LogP contribution in [0.1, 0.15) is 34.3 Å². The molecule has 27 heavy (non-hydrogen) atoms. The highest BCUT2D eigenvalue weighted by atomic mass is 35.5. The summed E-state index contributed by atoms with van der Waals surface area (Å²) in [5.74, 6) is 0.468. The Kier molecular flexibility index (Phi) is 6.35. The number of aryl methyl sites for hydroxylation is 1. The highest BCUT2D eigenvalue weighted by molar-refractivity contribution is 6.30. The van der Waals surface area contributed by atoms with E-state index in [9.17, 15) is 9.59 Å². The second kappa shape index (κ2) is 8.91. The maximum absolute atomic E-state index is 12.5. The van der Waals surface area contributed by atoms with Crippen LogP contribution in [0.25, 0.3) is 0 Å². The summed E-state index contributed by atoms with van der Waals surface area (Å²) in [6.45, 7) is 3.79. The minimum atomic E-state index is -0.222. The number of ether oxygens (including phenoxy) is 1. The summed E-state index contributed by atoms with van der Waals surface area (Å²) in [5, 5.41) is 3.45. The van der Waals surface area contributed by atoms with E-state index in [2.05, 4.69) is 5.32 Å². The predicted molar refractivity (Wildman–Crippen MR) is 105 cm³/mol. The van der Waals surface area contributed by atoms with Gasteiger partial charge in [-0.2, -0.15) is 0 Å². The number of likely N-dealkylation sites (tertiary alicyclic amines) is 1. The van der Waals surface area contributed by atoms with Crippen molar-refractivity contribution in [1.29, 1.82) is 0 Å². The molecular weight excluding hydrogens is 364 g/mol. The average Bonchev–Trinajstić information content (AvgIpc) is 3.20. The van der Waals surface area contributed by atoms with Crippen LogP contribution in [0.3, 0.4) is 0 Å². The largest absolute Gasteiger partial charge is 0.484 e. The molecule has 3 rings (SSSR count). The molecule has 1 aliphatic heterocycles. The van der Waals surface area contributed by atoms with Crippen LogP contribution in [-0.4, -0.2) is 36.4 Å². The maximum Gasteiger partial charge on any atom is 0.258 e. The fraction of sp³-hybridized carbons (Fsp3) is 0.333. The van der Waals surface area contributed by atoms with Gasteiger partial charge in [0, 0.05) is 30.2 Å². The summed E-state index contributed by atoms with van der Waals surface area (Å²) in [5.41, 5.74) is 2.43. The molecule has 5 nitrogen and oxygen atoms in total. The van der Waals surface area contributed by atoms with Crippen LogP contribution in [0.15, 0.2) is 42.5 Å². The van der Waals surface area contributed by atoms with Gasteiger partial charge >= 0.3 is 0 Å². The molecule has 0 radical (unpaired) electrons. The Hall–Kier alpha value is -2.53. The second-order valence-corrected chi connectivity index (χ2v) is 7.11. The van der Waals surface area contributed by atoms with E-state index >= 15 is 0 Å². The highest BCUT2D eigenvalue weighted by Gasteiger charge is 2.19. The minimum Gasteiger partial charge on any atom is -0.484 e. The van der Waals surface area contributed by atoms with Crippen molar-refractivity contribution in [2.24, 2.45) is 0 Å². The summed E-state index contributed by atoms with van der Waals surface area (Å²) < 4.78 is 5.54. The van der Waals surface area contributed by atoms with E-state index in [1.807, 2.05) is 36.1 Å². The first-order valence-corrected chi connectivity index (χ1v) is 9.44. The van der Waals surface area contributed by atoms with Gasteiger partial charge in [0.05, 0.1) is 0 Å². The average molecular weight is 387 g/mol. The van der Waals surface area contributed by atoms with E-state index in [4.69, 9.17) is 16.3 Å². The van der Waals surface area contributed by atoms with Crippen LogP contribution < -0.4 is 10.1 Å². The molecule has 0 aliphatic carbocycles. The first kappa shape index (κ1) is 19.2. The molecule has 142 valence electrons. The van der Waals surface area contributed by atoms with Crippen LogP contribution in [0.5, 0.6) is 5.75 Å². The predicted octanol–water partition coefficient (Wildman–Crippen LogP) is 3.58. The number of rotatable bonds is 6. The molecule has 2 aromatic rings. The first-order chi connectivity index (χ1) is 13.0. The summed E-state index contributed by atoms with van der Waals surface area (Å²) >= 11 is 5.91. The van der Waals surface area contributed by atoms with Gasteiger partial charge in [-0.25, -0.2) is 0 Å². The Morgan fingerprint density at radius 3 is 2.67 bits per heavy atom. The van der Waals surface area contributed by atoms with Crippen LogP contribution >= 0.6 is 11.6 Å². The standard InChI is InChI=1S/C21H23ClN2O3/c1-15-11-18(22)7-8-19(15)27-14-20(25)23-13-16-5-4-6-17(12-16)21(26)24-9-2-3-10-24/h4-8,11-12H,2-3,9-10,13-14H2,1H3,(H,23,25). The molecule has 2 aromatic carbocycles. The third-order valence-electron chi connectivity index (χ3n) is 4.55. The molecule has 0 bridgehead atoms. The lowest BCUT2D eigenvalue weighted by Gasteiger charge is -2.15. The van der Waals surface area contributed by atoms with Crippen LogP contribution in [0, 0.1) is 6.92 Å². The van der Waals surface area contributed by atoms with Crippen LogP contribution in [0.2, 0.25) is 5.02 Å². The van der Waals surface area contributed by atoms with Gasteiger partial charge in [-0.3, -0.25) is 9.59 Å². The van der Waals surface area contributed by atoms with Crippen LogP contribution in [-0.2, 0) is 11.3 Å². The number of halogens is 1. The molecule has 1 N–H and O–H groups in total. The third-order valence-corrected chi connectivity index (χ3v) is 4.79. The number of benzene rings is 2. The van der Waals surface area contributed by atoms with Gasteiger partial charge < -0.3 is 15.0 Å². The van der Waals surface area contributed by atoms with Crippen molar-refractivity contribution in [2.45, 2.75) is 26.3 Å². The summed E-state index contributed by atoms with van der Waals surface area (Å²) in [6.07, 6.45) is 2.13. The maximum atomic E-state index is 12.5. The zero-order chi connectivity index (χ0) is 19.2. The van der Waals surface area contributed by atoms with Crippen molar-refractivity contribution in [3.05, 3.63) is 64.2 Å². The fourth-order valence-electron chi connectivity index (χ4n) is 3.09. The Morgan fingerprint density at radius 2 is 1.93 bits per heavy atom. The smallest absolute Gasteiger partial charge is 0.258 e. The second-order valence-electron chi connectivity index (χ2n) is 6.67. The van der Waals surface area contributed by atoms with Crippen molar-refractivity contribution in [3.8, 4) is 5.75 Å². The Balaban J connectivity index is 1.51. The Labute approximate surface area is 164 Å². The number of carbonyl (C=O) groups excluding carboxylic acids is 2. The van der Waals surface area contributed by atoms with Gasteiger partial charge in [-0.1, -0.05) is 23.7 Å². The molecule has 1 saturated heterocycles. The third kappa shape index (κ3) is 5.23. The van der Waals surface area contributed by atoms with E-state index < -0.39 is 0 Å². The molecule has 6 heteroatoms. The van der Waals surface area contributed by atoms with Gasteiger partial charge in [-0.15, -0.1) is 0 Å². The lowest BCUT2D eigenvalue weighted by molar-refractivity contribution is -0.123. The monoisotopic (exact) mass is 386 g/mol. The first-order valence-electron chi connectivity index (χ1n) is 9.07. The lowest BCUT2D eigenvalue weighted by atomic mass is 10.1. The molecule has 0 aromatic heterocycles. The van der Waals surface area contributed by atoms with E-state index in [1.165, 1.54) is 0 Å². The van der Waals surface area contributed by atoms with Gasteiger partial charge in [0.15, 0.2) is 6.61 Å². The SMILES string of the molecule is Cc1cc(Cl)ccc1OCC(=O)NCc1cccc(C(=O)N2CCCC2)c1. The molecule has 0 atom stereocenters. The van der Waals surface area contributed by atoms with E-state index in [0.717, 1.165) is 37.1 Å². The highest BCUT2D eigenvalue weighted by Crippen LogP contribution is 2.21. The molecular formula is C21H23ClN2O3. The molecule has 1 fully saturated rings. The lowest BCUT2D eigenvalue weighted by Crippen LogP contribution is -2.29. The molecule has 0 saturated carbocycles. The number of nitrogens with zero attached hydrogens (tertiary/aromatic N) is 1. The van der Waals surface area contributed by atoms with Gasteiger partial charge in [0.25, 0.3) is 11.8 Å². The zero-order valence-electron chi connectivity index (χ0n) is 15.3. The van der Waals surface area contributed by atoms with Gasteiger partial charge in [0.2, 0.25) is 0 Å². The number of nitrogens with one attached hydrogen (secondary N) is 1. The van der Waals surface area contributed by atoms with Crippen molar-refractivity contribution >= 4 is 23.4 Å². The van der Waals surface area contributed by atoms with E-state index in [-0.39, 0.29) is 18.4 Å². The Bertz CT molecular complexity index is 832. The summed E-state index contributed by atoms with van der Waals surface area (Å²) in [4.78, 5) is 26.4. The molecule has 0 unspecified atom stereocenters. The molecule has 0 spiro atoms. The van der Waals surface area contributed by atoms with E-state index in [1.54, 1.807) is 18.2 Å². The van der Waals surface area contributed by atoms with Crippen molar-refractivity contribution in [3.63, 3.8) is 0 Å². The van der Waals surface area contributed by atoms with Crippen molar-refractivity contribution in [2.75, 3.05) is 19.7 Å². The fourth-order valence-corrected chi connectivity index (χ4v) is 3.31. The zero-order valence-corrected chi connectivity index (χ0v) is 16.1. The molecule has 1 heterocycles. The van der Waals surface area contributed by atoms with Crippen molar-refractivity contribution < 1.29 is 14.3 Å². The van der Waals surface area contributed by atoms with Crippen LogP contribution in [0.4, 0.5) is 0 Å². The number of hydrogen-bond acceptors (Lipinski definition) is 3. The molecule has 2 amide bonds. The number of hydrogen-bond donors (Lipinski definition) is 1. The number of carbonyl (C=O) groups is 2. The summed E-state index contributed by atoms with van der Waals surface area (Å²) in [6, 6.07) is 12.7. The van der Waals surface area contributed by atoms with Crippen molar-refractivity contribution in [1.82, 2.24) is 10.2 Å². The van der Waals surface area contributed by atoms with Gasteiger partial charge in [-0.05, 0) is 61.2 Å².